The molecule has 0 aliphatic carbocycles. The molecule has 0 unspecified atom stereocenters. The highest BCUT2D eigenvalue weighted by atomic mass is 32.1. The molecular formula is C30H26N2O8S. The van der Waals surface area contributed by atoms with E-state index in [1.54, 1.807) is 55.6 Å². The van der Waals surface area contributed by atoms with Gasteiger partial charge in [0.25, 0.3) is 5.78 Å². The molecule has 11 heteroatoms. The number of amides is 1. The third kappa shape index (κ3) is 4.57. The molecule has 2 aliphatic rings. The summed E-state index contributed by atoms with van der Waals surface area (Å²) in [5, 5.41) is 11.9. The lowest BCUT2D eigenvalue weighted by molar-refractivity contribution is -0.132. The first-order chi connectivity index (χ1) is 19.9. The van der Waals surface area contributed by atoms with Gasteiger partial charge in [0.2, 0.25) is 0 Å². The molecule has 1 atom stereocenters. The maximum atomic E-state index is 13.7. The van der Waals surface area contributed by atoms with Crippen molar-refractivity contribution >= 4 is 44.1 Å². The summed E-state index contributed by atoms with van der Waals surface area (Å²) in [5.41, 5.74) is 1.39. The normalized spacial score (nSPS) is 17.6. The van der Waals surface area contributed by atoms with E-state index < -0.39 is 17.7 Å². The van der Waals surface area contributed by atoms with E-state index >= 15 is 0 Å². The van der Waals surface area contributed by atoms with Crippen molar-refractivity contribution in [2.24, 2.45) is 0 Å². The van der Waals surface area contributed by atoms with Crippen LogP contribution in [0.4, 0.5) is 5.13 Å². The average molecular weight is 575 g/mol. The number of carbonyl (C=O) groups excluding carboxylic acids is 2. The van der Waals surface area contributed by atoms with Crippen LogP contribution in [-0.4, -0.2) is 55.8 Å². The molecule has 1 amide bonds. The third-order valence-corrected chi connectivity index (χ3v) is 7.87. The van der Waals surface area contributed by atoms with Gasteiger partial charge in [0.1, 0.15) is 24.7 Å². The molecular weight excluding hydrogens is 548 g/mol. The summed E-state index contributed by atoms with van der Waals surface area (Å²) in [4.78, 5) is 33.3. The summed E-state index contributed by atoms with van der Waals surface area (Å²) < 4.78 is 28.6. The molecule has 3 aromatic carbocycles. The van der Waals surface area contributed by atoms with Crippen molar-refractivity contribution in [2.45, 2.75) is 13.0 Å². The predicted octanol–water partition coefficient (Wildman–Crippen LogP) is 5.11. The van der Waals surface area contributed by atoms with Crippen molar-refractivity contribution in [1.29, 1.82) is 0 Å². The van der Waals surface area contributed by atoms with E-state index in [0.29, 0.717) is 70.3 Å². The molecule has 3 heterocycles. The lowest BCUT2D eigenvalue weighted by Gasteiger charge is -2.24. The van der Waals surface area contributed by atoms with E-state index in [9.17, 15) is 14.7 Å². The molecule has 1 saturated heterocycles. The highest BCUT2D eigenvalue weighted by Crippen LogP contribution is 2.46. The average Bonchev–Trinajstić information content (AvgIpc) is 3.54. The minimum atomic E-state index is -1.00. The number of aromatic nitrogens is 1. The lowest BCUT2D eigenvalue weighted by atomic mass is 9.95. The van der Waals surface area contributed by atoms with Crippen LogP contribution in [0.1, 0.15) is 24.1 Å². The zero-order chi connectivity index (χ0) is 28.7. The molecule has 0 spiro atoms. The Balaban J connectivity index is 1.54. The Bertz CT molecular complexity index is 1710. The zero-order valence-corrected chi connectivity index (χ0v) is 23.3. The molecule has 1 aromatic heterocycles. The van der Waals surface area contributed by atoms with Gasteiger partial charge in [-0.25, -0.2) is 4.98 Å². The minimum Gasteiger partial charge on any atom is -0.507 e. The van der Waals surface area contributed by atoms with Gasteiger partial charge in [-0.2, -0.15) is 0 Å². The number of fused-ring (bicyclic) bond motifs is 2. The van der Waals surface area contributed by atoms with Gasteiger partial charge < -0.3 is 28.8 Å². The Morgan fingerprint density at radius 1 is 1.00 bits per heavy atom. The van der Waals surface area contributed by atoms with Crippen LogP contribution in [0.15, 0.2) is 60.2 Å². The van der Waals surface area contributed by atoms with Crippen molar-refractivity contribution in [1.82, 2.24) is 4.98 Å². The molecule has 4 aromatic rings. The number of Topliss-reactive ketones (excluding diaryl/α,β-unsaturated/α-hetero) is 1. The summed E-state index contributed by atoms with van der Waals surface area (Å²) in [6, 6.07) is 14.4. The van der Waals surface area contributed by atoms with Gasteiger partial charge in [-0.05, 0) is 61.0 Å². The fourth-order valence-electron chi connectivity index (χ4n) is 4.94. The van der Waals surface area contributed by atoms with Crippen LogP contribution in [0.5, 0.6) is 28.7 Å². The van der Waals surface area contributed by atoms with E-state index in [0.717, 1.165) is 4.70 Å². The number of thiazole rings is 1. The van der Waals surface area contributed by atoms with Crippen molar-refractivity contribution < 1.29 is 38.4 Å². The van der Waals surface area contributed by atoms with E-state index in [1.165, 1.54) is 23.3 Å². The second-order valence-electron chi connectivity index (χ2n) is 9.20. The summed E-state index contributed by atoms with van der Waals surface area (Å²) in [7, 11) is 3.08. The smallest absolute Gasteiger partial charge is 0.301 e. The number of anilines is 1. The van der Waals surface area contributed by atoms with E-state index in [-0.39, 0.29) is 11.3 Å². The van der Waals surface area contributed by atoms with Crippen LogP contribution in [0.2, 0.25) is 0 Å². The van der Waals surface area contributed by atoms with Crippen molar-refractivity contribution in [3.05, 3.63) is 71.3 Å². The fraction of sp³-hybridized carbons (Fsp3) is 0.233. The maximum absolute atomic E-state index is 13.7. The fourth-order valence-corrected chi connectivity index (χ4v) is 5.96. The molecule has 6 rings (SSSR count). The number of hydrogen-bond acceptors (Lipinski definition) is 10. The Kier molecular flexibility index (Phi) is 6.88. The van der Waals surface area contributed by atoms with Gasteiger partial charge in [0.05, 0.1) is 42.7 Å². The number of ketones is 1. The van der Waals surface area contributed by atoms with Crippen LogP contribution < -0.4 is 28.6 Å². The quantitative estimate of drug-likeness (QED) is 0.183. The molecule has 2 aliphatic heterocycles. The zero-order valence-electron chi connectivity index (χ0n) is 22.5. The monoisotopic (exact) mass is 574 g/mol. The molecule has 0 radical (unpaired) electrons. The molecule has 41 heavy (non-hydrogen) atoms. The van der Waals surface area contributed by atoms with E-state index in [1.807, 2.05) is 13.0 Å². The summed E-state index contributed by atoms with van der Waals surface area (Å²) in [5.74, 6) is 0.544. The minimum absolute atomic E-state index is 0.0882. The predicted molar refractivity (Wildman–Crippen MR) is 153 cm³/mol. The maximum Gasteiger partial charge on any atom is 0.301 e. The summed E-state index contributed by atoms with van der Waals surface area (Å²) >= 11 is 1.24. The first-order valence-electron chi connectivity index (χ1n) is 12.9. The van der Waals surface area contributed by atoms with Crippen molar-refractivity contribution in [3.63, 3.8) is 0 Å². The van der Waals surface area contributed by atoms with Crippen LogP contribution in [0.3, 0.4) is 0 Å². The highest BCUT2D eigenvalue weighted by Gasteiger charge is 2.48. The van der Waals surface area contributed by atoms with Crippen LogP contribution in [0, 0.1) is 0 Å². The first-order valence-corrected chi connectivity index (χ1v) is 13.7. The standard InChI is InChI=1S/C30H26N2O8S/c1-4-38-20-9-5-16(13-22(20)37-3)26-25(27(33)17-6-10-21-23(14-17)40-12-11-39-21)28(34)29(35)32(26)30-31-19-8-7-18(36-2)15-24(19)41-30/h5-10,13-15,26,33H,4,11-12H2,1-3H3/b27-25+/t26-/m0/s1. The molecule has 210 valence electrons. The SMILES string of the molecule is CCOc1ccc([C@H]2/C(=C(\O)c3ccc4c(c3)OCCO4)C(=O)C(=O)N2c2nc3ccc(OC)cc3s2)cc1OC. The number of nitrogens with zero attached hydrogens (tertiary/aromatic N) is 2. The number of carbonyl (C=O) groups is 2. The van der Waals surface area contributed by atoms with E-state index in [4.69, 9.17) is 23.7 Å². The Morgan fingerprint density at radius 3 is 2.56 bits per heavy atom. The topological polar surface area (TPSA) is 117 Å². The molecule has 1 fully saturated rings. The number of rotatable bonds is 7. The van der Waals surface area contributed by atoms with Gasteiger partial charge in [0.15, 0.2) is 28.1 Å². The third-order valence-electron chi connectivity index (χ3n) is 6.85. The second kappa shape index (κ2) is 10.7. The van der Waals surface area contributed by atoms with Gasteiger partial charge in [0, 0.05) is 5.56 Å². The second-order valence-corrected chi connectivity index (χ2v) is 10.2. The first kappa shape index (κ1) is 26.5. The van der Waals surface area contributed by atoms with Crippen LogP contribution >= 0.6 is 11.3 Å². The van der Waals surface area contributed by atoms with Crippen LogP contribution in [-0.2, 0) is 9.59 Å². The number of benzene rings is 3. The Hall–Kier alpha value is -4.77. The van der Waals surface area contributed by atoms with Crippen molar-refractivity contribution in [2.75, 3.05) is 38.9 Å². The van der Waals surface area contributed by atoms with E-state index in [2.05, 4.69) is 4.98 Å². The number of aliphatic hydroxyl groups is 1. The van der Waals surface area contributed by atoms with Crippen LogP contribution in [0.25, 0.3) is 16.0 Å². The van der Waals surface area contributed by atoms with Gasteiger partial charge >= 0.3 is 5.91 Å². The number of methoxy groups -OCH3 is 2. The van der Waals surface area contributed by atoms with Crippen molar-refractivity contribution in [3.8, 4) is 28.7 Å². The van der Waals surface area contributed by atoms with Gasteiger partial charge in [-0.1, -0.05) is 17.4 Å². The molecule has 0 bridgehead atoms. The number of hydrogen-bond donors (Lipinski definition) is 1. The van der Waals surface area contributed by atoms with Gasteiger partial charge in [-0.3, -0.25) is 14.5 Å². The summed E-state index contributed by atoms with van der Waals surface area (Å²) in [6.07, 6.45) is 0. The number of ether oxygens (including phenoxy) is 5. The summed E-state index contributed by atoms with van der Waals surface area (Å²) in [6.45, 7) is 3.05. The largest absolute Gasteiger partial charge is 0.507 e. The number of aliphatic hydroxyl groups excluding tert-OH is 1. The molecule has 1 N–H and O–H groups in total. The Labute approximate surface area is 239 Å². The molecule has 0 saturated carbocycles. The van der Waals surface area contributed by atoms with Gasteiger partial charge in [-0.15, -0.1) is 0 Å². The Morgan fingerprint density at radius 2 is 1.80 bits per heavy atom. The molecule has 10 nitrogen and oxygen atoms in total. The lowest BCUT2D eigenvalue weighted by Crippen LogP contribution is -2.29. The highest BCUT2D eigenvalue weighted by molar-refractivity contribution is 7.22.